The van der Waals surface area contributed by atoms with Crippen LogP contribution in [-0.4, -0.2) is 60.0 Å². The summed E-state index contributed by atoms with van der Waals surface area (Å²) in [6.07, 6.45) is 8.81. The minimum atomic E-state index is -0.0172. The zero-order valence-corrected chi connectivity index (χ0v) is 21.0. The molecule has 2 heterocycles. The quantitative estimate of drug-likeness (QED) is 0.304. The molecule has 2 aromatic rings. The Balaban J connectivity index is 1.33. The van der Waals surface area contributed by atoms with Crippen molar-refractivity contribution >= 4 is 35.1 Å². The summed E-state index contributed by atoms with van der Waals surface area (Å²) < 4.78 is 0. The van der Waals surface area contributed by atoms with Gasteiger partial charge in [-0.05, 0) is 56.5 Å². The highest BCUT2D eigenvalue weighted by atomic mass is 35.5. The van der Waals surface area contributed by atoms with Crippen molar-refractivity contribution in [3.63, 3.8) is 0 Å². The number of likely N-dealkylation sites (tertiary alicyclic amines) is 1. The van der Waals surface area contributed by atoms with Crippen molar-refractivity contribution in [2.45, 2.75) is 61.9 Å². The Morgan fingerprint density at radius 3 is 2.73 bits per heavy atom. The molecule has 1 amide bonds. The normalized spacial score (nSPS) is 17.3. The van der Waals surface area contributed by atoms with Crippen LogP contribution >= 0.6 is 23.4 Å². The van der Waals surface area contributed by atoms with E-state index >= 15 is 0 Å². The molecule has 33 heavy (non-hydrogen) atoms. The molecule has 2 fully saturated rings. The van der Waals surface area contributed by atoms with E-state index in [-0.39, 0.29) is 5.91 Å². The van der Waals surface area contributed by atoms with E-state index in [2.05, 4.69) is 27.1 Å². The third-order valence-electron chi connectivity index (χ3n) is 6.61. The maximum Gasteiger partial charge on any atom is 0.251 e. The molecule has 1 aliphatic carbocycles. The van der Waals surface area contributed by atoms with Crippen LogP contribution in [-0.2, 0) is 5.75 Å². The number of anilines is 1. The van der Waals surface area contributed by atoms with E-state index in [1.807, 2.05) is 30.3 Å². The monoisotopic (exact) mass is 487 g/mol. The number of nitrogens with zero attached hydrogens (tertiary/aromatic N) is 4. The van der Waals surface area contributed by atoms with Crippen LogP contribution in [0.2, 0.25) is 5.15 Å². The molecule has 0 atom stereocenters. The number of aromatic nitrogens is 2. The van der Waals surface area contributed by atoms with Gasteiger partial charge in [0.1, 0.15) is 11.0 Å². The lowest BCUT2D eigenvalue weighted by Gasteiger charge is -2.32. The first-order valence-electron chi connectivity index (χ1n) is 12.1. The Labute approximate surface area is 206 Å². The summed E-state index contributed by atoms with van der Waals surface area (Å²) in [5.74, 6) is 1.55. The van der Waals surface area contributed by atoms with Crippen LogP contribution in [0.5, 0.6) is 0 Å². The van der Waals surface area contributed by atoms with Crippen molar-refractivity contribution in [1.82, 2.24) is 20.2 Å². The van der Waals surface area contributed by atoms with Crippen molar-refractivity contribution < 1.29 is 4.79 Å². The van der Waals surface area contributed by atoms with Gasteiger partial charge >= 0.3 is 0 Å². The molecular formula is C25H34ClN5OS. The van der Waals surface area contributed by atoms with Gasteiger partial charge in [0, 0.05) is 43.6 Å². The van der Waals surface area contributed by atoms with Crippen LogP contribution in [0.1, 0.15) is 60.9 Å². The first kappa shape index (κ1) is 24.3. The van der Waals surface area contributed by atoms with Gasteiger partial charge < -0.3 is 15.1 Å². The molecule has 8 heteroatoms. The first-order chi connectivity index (χ1) is 16.1. The summed E-state index contributed by atoms with van der Waals surface area (Å²) in [6.45, 7) is 3.90. The van der Waals surface area contributed by atoms with Gasteiger partial charge in [-0.3, -0.25) is 4.79 Å². The van der Waals surface area contributed by atoms with Crippen molar-refractivity contribution in [3.05, 3.63) is 46.6 Å². The molecule has 4 rings (SSSR count). The number of hydrogen-bond donors (Lipinski definition) is 1. The minimum Gasteiger partial charge on any atom is -0.357 e. The Morgan fingerprint density at radius 2 is 1.94 bits per heavy atom. The third-order valence-corrected chi connectivity index (χ3v) is 7.73. The van der Waals surface area contributed by atoms with Gasteiger partial charge in [0.25, 0.3) is 5.91 Å². The van der Waals surface area contributed by atoms with Gasteiger partial charge in [0.05, 0.1) is 0 Å². The molecule has 6 nitrogen and oxygen atoms in total. The highest BCUT2D eigenvalue weighted by Crippen LogP contribution is 2.29. The number of carbonyl (C=O) groups excluding carboxylic acids is 1. The van der Waals surface area contributed by atoms with E-state index in [1.54, 1.807) is 11.8 Å². The lowest BCUT2D eigenvalue weighted by atomic mass is 9.94. The second-order valence-corrected chi connectivity index (χ2v) is 10.4. The number of nitrogens with one attached hydrogen (secondary N) is 1. The first-order valence-corrected chi connectivity index (χ1v) is 13.4. The third kappa shape index (κ3) is 7.08. The Bertz CT molecular complexity index is 931. The van der Waals surface area contributed by atoms with E-state index in [9.17, 15) is 4.79 Å². The maximum absolute atomic E-state index is 12.6. The summed E-state index contributed by atoms with van der Waals surface area (Å²) in [5, 5.41) is 4.19. The van der Waals surface area contributed by atoms with Crippen molar-refractivity contribution in [1.29, 1.82) is 0 Å². The van der Waals surface area contributed by atoms with Gasteiger partial charge in [-0.1, -0.05) is 54.8 Å². The fourth-order valence-electron chi connectivity index (χ4n) is 4.67. The number of amides is 1. The lowest BCUT2D eigenvalue weighted by molar-refractivity contribution is 0.0949. The fraction of sp³-hybridized carbons (Fsp3) is 0.560. The standard InChI is InChI=1S/C25H34ClN5OS/c1-30(21-10-3-2-4-11-21)23-17-22(26)28-25(29-23)33-18-19-8-7-9-20(16-19)24(32)27-12-15-31-13-5-6-14-31/h7-9,16-17,21H,2-6,10-15,18H2,1H3,(H,27,32). The molecule has 1 N–H and O–H groups in total. The fourth-order valence-corrected chi connectivity index (χ4v) is 5.70. The van der Waals surface area contributed by atoms with Gasteiger partial charge in [0.15, 0.2) is 5.16 Å². The number of rotatable bonds is 9. The van der Waals surface area contributed by atoms with E-state index in [4.69, 9.17) is 16.6 Å². The predicted octanol–water partition coefficient (Wildman–Crippen LogP) is 5.02. The van der Waals surface area contributed by atoms with Crippen molar-refractivity contribution in [2.75, 3.05) is 38.1 Å². The average molecular weight is 488 g/mol. The van der Waals surface area contributed by atoms with Gasteiger partial charge in [-0.2, -0.15) is 0 Å². The van der Waals surface area contributed by atoms with E-state index in [0.717, 1.165) is 31.0 Å². The van der Waals surface area contributed by atoms with Crippen LogP contribution in [0.4, 0.5) is 5.82 Å². The zero-order chi connectivity index (χ0) is 23.0. The number of thioether (sulfide) groups is 1. The van der Waals surface area contributed by atoms with Crippen molar-refractivity contribution in [2.24, 2.45) is 0 Å². The Hall–Kier alpha value is -1.83. The average Bonchev–Trinajstić information content (AvgIpc) is 3.36. The lowest BCUT2D eigenvalue weighted by Crippen LogP contribution is -2.34. The van der Waals surface area contributed by atoms with Crippen LogP contribution in [0.25, 0.3) is 0 Å². The maximum atomic E-state index is 12.6. The molecule has 178 valence electrons. The SMILES string of the molecule is CN(c1cc(Cl)nc(SCc2cccc(C(=O)NCCN3CCCC3)c2)n1)C1CCCCC1. The zero-order valence-electron chi connectivity index (χ0n) is 19.4. The minimum absolute atomic E-state index is 0.0172. The summed E-state index contributed by atoms with van der Waals surface area (Å²) >= 11 is 7.88. The topological polar surface area (TPSA) is 61.4 Å². The van der Waals surface area contributed by atoms with Crippen molar-refractivity contribution in [3.8, 4) is 0 Å². The number of hydrogen-bond acceptors (Lipinski definition) is 6. The van der Waals surface area contributed by atoms with Gasteiger partial charge in [0.2, 0.25) is 0 Å². The van der Waals surface area contributed by atoms with Gasteiger partial charge in [-0.15, -0.1) is 0 Å². The van der Waals surface area contributed by atoms with E-state index < -0.39 is 0 Å². The van der Waals surface area contributed by atoms with Crippen LogP contribution < -0.4 is 10.2 Å². The number of benzene rings is 1. The Kier molecular flexibility index (Phi) is 8.87. The highest BCUT2D eigenvalue weighted by molar-refractivity contribution is 7.98. The Morgan fingerprint density at radius 1 is 1.15 bits per heavy atom. The molecule has 0 radical (unpaired) electrons. The smallest absolute Gasteiger partial charge is 0.251 e. The molecule has 0 spiro atoms. The molecule has 1 aromatic heterocycles. The number of carbonyl (C=O) groups is 1. The van der Waals surface area contributed by atoms with E-state index in [1.165, 1.54) is 44.9 Å². The second kappa shape index (κ2) is 12.0. The molecule has 0 bridgehead atoms. The van der Waals surface area contributed by atoms with E-state index in [0.29, 0.717) is 34.2 Å². The van der Waals surface area contributed by atoms with Gasteiger partial charge in [-0.25, -0.2) is 9.97 Å². The molecule has 1 saturated heterocycles. The molecule has 1 aromatic carbocycles. The summed E-state index contributed by atoms with van der Waals surface area (Å²) in [4.78, 5) is 26.4. The van der Waals surface area contributed by atoms with Crippen LogP contribution in [0.15, 0.2) is 35.5 Å². The summed E-state index contributed by atoms with van der Waals surface area (Å²) in [7, 11) is 2.11. The molecule has 1 saturated carbocycles. The predicted molar refractivity (Wildman–Crippen MR) is 136 cm³/mol. The number of halogens is 1. The highest BCUT2D eigenvalue weighted by Gasteiger charge is 2.20. The van der Waals surface area contributed by atoms with Crippen LogP contribution in [0.3, 0.4) is 0 Å². The molecule has 2 aliphatic rings. The largest absolute Gasteiger partial charge is 0.357 e. The summed E-state index contributed by atoms with van der Waals surface area (Å²) in [5.41, 5.74) is 1.76. The molecular weight excluding hydrogens is 454 g/mol. The van der Waals surface area contributed by atoms with Crippen LogP contribution in [0, 0.1) is 0 Å². The molecule has 0 unspecified atom stereocenters. The summed E-state index contributed by atoms with van der Waals surface area (Å²) in [6, 6.07) is 10.2. The second-order valence-electron chi connectivity index (χ2n) is 9.03. The molecule has 1 aliphatic heterocycles.